The van der Waals surface area contributed by atoms with E-state index in [0.717, 1.165) is 0 Å². The van der Waals surface area contributed by atoms with E-state index < -0.39 is 94.8 Å². The Balaban J connectivity index is 1.43. The molecular weight excluding hydrogens is 528 g/mol. The van der Waals surface area contributed by atoms with Gasteiger partial charge in [-0.1, -0.05) is 0 Å². The van der Waals surface area contributed by atoms with Crippen molar-refractivity contribution in [1.82, 2.24) is 0 Å². The van der Waals surface area contributed by atoms with Crippen LogP contribution < -0.4 is 0 Å². The van der Waals surface area contributed by atoms with Gasteiger partial charge in [0.05, 0.1) is 60.3 Å². The number of hydrogen-bond acceptors (Lipinski definition) is 11. The maximum atomic E-state index is 14.1. The number of carbonyl (C=O) groups excluding carboxylic acids is 2. The van der Waals surface area contributed by atoms with E-state index in [2.05, 4.69) is 0 Å². The zero-order chi connectivity index (χ0) is 28.8. The standard InChI is InChI=1S/C28H32O12/c1-9-14(29)4-5-18(38-9)40-16-8-15-20-23(28(16,36)11(3)39-15)27(35)22-21(26(20)34)24(32)13-6-12(7-17(30)31)37-10(2)19(13)25(22)33/h9-12,14-16,18,29,32-33,36H,4-8H2,1-3H3,(H,30,31)/t9-,10-,11?,12?,14-,15?,16?,18-,28?/m0/s1. The number of aliphatic carboxylic acids is 1. The van der Waals surface area contributed by atoms with Gasteiger partial charge in [0.25, 0.3) is 0 Å². The summed E-state index contributed by atoms with van der Waals surface area (Å²) in [4.78, 5) is 39.3. The zero-order valence-corrected chi connectivity index (χ0v) is 22.2. The molecule has 4 aliphatic heterocycles. The molecule has 40 heavy (non-hydrogen) atoms. The first-order chi connectivity index (χ1) is 18.8. The molecule has 5 unspecified atom stereocenters. The lowest BCUT2D eigenvalue weighted by atomic mass is 9.63. The fraction of sp³-hybridized carbons (Fsp3) is 0.607. The van der Waals surface area contributed by atoms with Gasteiger partial charge in [0, 0.05) is 41.5 Å². The third-order valence-corrected chi connectivity index (χ3v) is 8.97. The van der Waals surface area contributed by atoms with Crippen LogP contribution in [0.25, 0.3) is 0 Å². The number of Topliss-reactive ketones (excluding diaryl/α,β-unsaturated/α-hetero) is 2. The van der Waals surface area contributed by atoms with Crippen LogP contribution in [0.3, 0.4) is 0 Å². The number of ether oxygens (including phenoxy) is 4. The first-order valence-electron chi connectivity index (χ1n) is 13.5. The van der Waals surface area contributed by atoms with Gasteiger partial charge in [0.15, 0.2) is 17.9 Å². The van der Waals surface area contributed by atoms with Gasteiger partial charge < -0.3 is 44.5 Å². The molecule has 2 fully saturated rings. The van der Waals surface area contributed by atoms with Crippen LogP contribution in [0.1, 0.15) is 84.4 Å². The molecular formula is C28H32O12. The molecule has 0 radical (unpaired) electrons. The molecule has 0 amide bonds. The van der Waals surface area contributed by atoms with Crippen molar-refractivity contribution >= 4 is 17.5 Å². The summed E-state index contributed by atoms with van der Waals surface area (Å²) in [6, 6.07) is 0. The largest absolute Gasteiger partial charge is 0.507 e. The van der Waals surface area contributed by atoms with Crippen LogP contribution in [-0.2, 0) is 30.2 Å². The molecule has 12 nitrogen and oxygen atoms in total. The minimum absolute atomic E-state index is 0.0358. The lowest BCUT2D eigenvalue weighted by molar-refractivity contribution is -0.291. The van der Waals surface area contributed by atoms with Crippen molar-refractivity contribution in [3.63, 3.8) is 0 Å². The Labute approximate surface area is 229 Å². The molecule has 1 aromatic carbocycles. The van der Waals surface area contributed by atoms with Crippen LogP contribution in [0, 0.1) is 0 Å². The summed E-state index contributed by atoms with van der Waals surface area (Å²) < 4.78 is 23.6. The monoisotopic (exact) mass is 560 g/mol. The highest BCUT2D eigenvalue weighted by molar-refractivity contribution is 6.30. The van der Waals surface area contributed by atoms with Crippen LogP contribution in [-0.4, -0.2) is 91.6 Å². The van der Waals surface area contributed by atoms with E-state index in [1.807, 2.05) is 0 Å². The van der Waals surface area contributed by atoms with E-state index in [4.69, 9.17) is 18.9 Å². The Morgan fingerprint density at radius 3 is 2.40 bits per heavy atom. The summed E-state index contributed by atoms with van der Waals surface area (Å²) in [5, 5.41) is 53.9. The van der Waals surface area contributed by atoms with E-state index in [9.17, 15) is 39.9 Å². The quantitative estimate of drug-likeness (QED) is 0.334. The van der Waals surface area contributed by atoms with Crippen LogP contribution in [0.5, 0.6) is 11.5 Å². The van der Waals surface area contributed by atoms with E-state index >= 15 is 0 Å². The normalized spacial score (nSPS) is 38.6. The van der Waals surface area contributed by atoms with E-state index in [0.29, 0.717) is 12.8 Å². The number of carbonyl (C=O) groups is 3. The molecule has 0 aromatic heterocycles. The first-order valence-corrected chi connectivity index (χ1v) is 13.5. The topological polar surface area (TPSA) is 189 Å². The molecule has 216 valence electrons. The number of aromatic hydroxyl groups is 2. The number of carboxylic acids is 1. The molecule has 2 saturated heterocycles. The molecule has 4 heterocycles. The number of aliphatic hydroxyl groups excluding tert-OH is 1. The number of aliphatic hydroxyl groups is 2. The van der Waals surface area contributed by atoms with E-state index in [1.165, 1.54) is 0 Å². The second-order valence-corrected chi connectivity index (χ2v) is 11.4. The fourth-order valence-corrected chi connectivity index (χ4v) is 7.00. The molecule has 9 atom stereocenters. The number of hydrogen-bond donors (Lipinski definition) is 5. The van der Waals surface area contributed by atoms with Gasteiger partial charge in [-0.3, -0.25) is 14.4 Å². The van der Waals surface area contributed by atoms with Crippen molar-refractivity contribution in [2.45, 2.75) is 107 Å². The van der Waals surface area contributed by atoms with Crippen molar-refractivity contribution in [1.29, 1.82) is 0 Å². The summed E-state index contributed by atoms with van der Waals surface area (Å²) in [5.41, 5.74) is -3.00. The van der Waals surface area contributed by atoms with Crippen molar-refractivity contribution in [2.75, 3.05) is 0 Å². The highest BCUT2D eigenvalue weighted by atomic mass is 16.7. The van der Waals surface area contributed by atoms with E-state index in [1.54, 1.807) is 20.8 Å². The molecule has 0 spiro atoms. The number of ketones is 2. The maximum absolute atomic E-state index is 14.1. The van der Waals surface area contributed by atoms with Crippen LogP contribution >= 0.6 is 0 Å². The minimum Gasteiger partial charge on any atom is -0.507 e. The van der Waals surface area contributed by atoms with Gasteiger partial charge in [-0.2, -0.15) is 0 Å². The summed E-state index contributed by atoms with van der Waals surface area (Å²) in [6.45, 7) is 4.83. The molecule has 12 heteroatoms. The smallest absolute Gasteiger partial charge is 0.305 e. The van der Waals surface area contributed by atoms with Gasteiger partial charge in [-0.05, 0) is 27.2 Å². The Morgan fingerprint density at radius 2 is 1.73 bits per heavy atom. The Kier molecular flexibility index (Phi) is 6.37. The average molecular weight is 561 g/mol. The predicted octanol–water partition coefficient (Wildman–Crippen LogP) is 1.44. The molecule has 7 rings (SSSR count). The Bertz CT molecular complexity index is 1350. The number of benzene rings is 1. The summed E-state index contributed by atoms with van der Waals surface area (Å²) in [7, 11) is 0. The van der Waals surface area contributed by atoms with Gasteiger partial charge in [0.2, 0.25) is 0 Å². The van der Waals surface area contributed by atoms with Gasteiger partial charge in [-0.15, -0.1) is 0 Å². The van der Waals surface area contributed by atoms with Crippen LogP contribution in [0.2, 0.25) is 0 Å². The van der Waals surface area contributed by atoms with E-state index in [-0.39, 0.29) is 41.5 Å². The summed E-state index contributed by atoms with van der Waals surface area (Å²) in [5.74, 6) is -3.76. The molecule has 2 aliphatic carbocycles. The Hall–Kier alpha value is -2.87. The fourth-order valence-electron chi connectivity index (χ4n) is 7.00. The minimum atomic E-state index is -2.07. The van der Waals surface area contributed by atoms with Crippen LogP contribution in [0.4, 0.5) is 0 Å². The first kappa shape index (κ1) is 27.3. The second kappa shape index (κ2) is 9.33. The second-order valence-electron chi connectivity index (χ2n) is 11.4. The lowest BCUT2D eigenvalue weighted by Crippen LogP contribution is -2.67. The molecule has 5 N–H and O–H groups in total. The van der Waals surface area contributed by atoms with Crippen molar-refractivity contribution in [3.05, 3.63) is 33.4 Å². The summed E-state index contributed by atoms with van der Waals surface area (Å²) >= 11 is 0. The highest BCUT2D eigenvalue weighted by Crippen LogP contribution is 2.55. The molecule has 6 aliphatic rings. The molecule has 0 saturated carbocycles. The zero-order valence-electron chi connectivity index (χ0n) is 22.2. The molecule has 1 aromatic rings. The Morgan fingerprint density at radius 1 is 1.02 bits per heavy atom. The van der Waals surface area contributed by atoms with Gasteiger partial charge >= 0.3 is 5.97 Å². The third kappa shape index (κ3) is 3.77. The van der Waals surface area contributed by atoms with Gasteiger partial charge in [-0.25, -0.2) is 0 Å². The summed E-state index contributed by atoms with van der Waals surface area (Å²) in [6.07, 6.45) is -6.08. The average Bonchev–Trinajstić information content (AvgIpc) is 2.87. The van der Waals surface area contributed by atoms with Crippen molar-refractivity contribution < 1.29 is 58.9 Å². The van der Waals surface area contributed by atoms with Crippen molar-refractivity contribution in [3.8, 4) is 11.5 Å². The highest BCUT2D eigenvalue weighted by Gasteiger charge is 2.63. The van der Waals surface area contributed by atoms with Crippen LogP contribution in [0.15, 0.2) is 11.1 Å². The molecule has 2 bridgehead atoms. The number of phenols is 2. The maximum Gasteiger partial charge on any atom is 0.305 e. The SMILES string of the molecule is CC1OC2CC(O[C@H]3CC[C@H](O)[C@H](C)O3)C1(O)C1=C2C(=O)c2c(O)c3c(c(O)c2C1=O)[C@H](C)OC(CC(=O)O)C3. The van der Waals surface area contributed by atoms with Crippen molar-refractivity contribution in [2.24, 2.45) is 0 Å². The number of phenolic OH excluding ortho intramolecular Hbond substituents is 2. The van der Waals surface area contributed by atoms with Gasteiger partial charge in [0.1, 0.15) is 17.1 Å². The number of carboxylic acid groups (broad SMARTS) is 1. The lowest BCUT2D eigenvalue weighted by Gasteiger charge is -2.54. The number of fused-ring (bicyclic) bond motifs is 4. The number of rotatable bonds is 4. The third-order valence-electron chi connectivity index (χ3n) is 8.97. The predicted molar refractivity (Wildman–Crippen MR) is 133 cm³/mol.